The minimum Gasteiger partial charge on any atom is -0.374 e. The third kappa shape index (κ3) is 3.95. The number of anilines is 1. The molecule has 4 nitrogen and oxygen atoms in total. The maximum absolute atomic E-state index is 12.6. The standard InChI is InChI=1S/C24H31N3OS/c1-26-10-2-4-19-14-18(6-7-22(19)26)17-27-11-8-24(9-12-27)15-21(24)23(28)25-16-20-5-3-13-29-20/h3,5-7,13-14,21H,2,4,8-12,15-17H2,1H3,(H,25,28). The highest BCUT2D eigenvalue weighted by Crippen LogP contribution is 2.59. The molecular formula is C24H31N3OS. The molecule has 0 bridgehead atoms. The Morgan fingerprint density at radius 1 is 1.24 bits per heavy atom. The van der Waals surface area contributed by atoms with Crippen LogP contribution in [-0.2, 0) is 24.3 Å². The zero-order chi connectivity index (χ0) is 19.8. The monoisotopic (exact) mass is 409 g/mol. The van der Waals surface area contributed by atoms with E-state index in [4.69, 9.17) is 0 Å². The Morgan fingerprint density at radius 3 is 2.90 bits per heavy atom. The number of thiophene rings is 1. The van der Waals surface area contributed by atoms with E-state index in [0.29, 0.717) is 6.54 Å². The molecule has 3 heterocycles. The Labute approximate surface area is 177 Å². The van der Waals surface area contributed by atoms with Gasteiger partial charge in [-0.25, -0.2) is 0 Å². The van der Waals surface area contributed by atoms with Gasteiger partial charge < -0.3 is 10.2 Å². The summed E-state index contributed by atoms with van der Waals surface area (Å²) >= 11 is 1.71. The molecule has 0 radical (unpaired) electrons. The summed E-state index contributed by atoms with van der Waals surface area (Å²) in [6.07, 6.45) is 5.88. The van der Waals surface area contributed by atoms with Crippen LogP contribution in [0.4, 0.5) is 5.69 Å². The number of amides is 1. The summed E-state index contributed by atoms with van der Waals surface area (Å²) in [7, 11) is 2.20. The van der Waals surface area contributed by atoms with Crippen molar-refractivity contribution in [1.29, 1.82) is 0 Å². The van der Waals surface area contributed by atoms with Crippen molar-refractivity contribution in [3.8, 4) is 0 Å². The van der Waals surface area contributed by atoms with Gasteiger partial charge in [0.15, 0.2) is 0 Å². The van der Waals surface area contributed by atoms with Crippen LogP contribution in [0.15, 0.2) is 35.7 Å². The van der Waals surface area contributed by atoms with E-state index in [1.807, 2.05) is 6.07 Å². The molecule has 1 unspecified atom stereocenters. The second kappa shape index (κ2) is 7.77. The Balaban J connectivity index is 1.12. The summed E-state index contributed by atoms with van der Waals surface area (Å²) < 4.78 is 0. The van der Waals surface area contributed by atoms with Crippen molar-refractivity contribution in [3.63, 3.8) is 0 Å². The van der Waals surface area contributed by atoms with E-state index in [1.165, 1.54) is 41.1 Å². The molecule has 1 spiro atoms. The highest BCUT2D eigenvalue weighted by atomic mass is 32.1. The quantitative estimate of drug-likeness (QED) is 0.809. The van der Waals surface area contributed by atoms with Crippen molar-refractivity contribution in [2.75, 3.05) is 31.6 Å². The fourth-order valence-electron chi connectivity index (χ4n) is 5.33. The highest BCUT2D eigenvalue weighted by Gasteiger charge is 2.58. The van der Waals surface area contributed by atoms with Crippen LogP contribution in [0.25, 0.3) is 0 Å². The molecule has 5 heteroatoms. The first-order valence-electron chi connectivity index (χ1n) is 11.0. The van der Waals surface area contributed by atoms with Crippen LogP contribution < -0.4 is 10.2 Å². The van der Waals surface area contributed by atoms with Gasteiger partial charge in [-0.15, -0.1) is 11.3 Å². The van der Waals surface area contributed by atoms with Gasteiger partial charge in [0.25, 0.3) is 0 Å². The number of nitrogens with zero attached hydrogens (tertiary/aromatic N) is 2. The lowest BCUT2D eigenvalue weighted by Crippen LogP contribution is -2.36. The van der Waals surface area contributed by atoms with Crippen molar-refractivity contribution in [1.82, 2.24) is 10.2 Å². The molecule has 1 N–H and O–H groups in total. The minimum atomic E-state index is 0.240. The molecule has 2 fully saturated rings. The molecule has 1 aromatic carbocycles. The molecule has 3 aliphatic rings. The van der Waals surface area contributed by atoms with Crippen LogP contribution in [0, 0.1) is 11.3 Å². The first kappa shape index (κ1) is 19.1. The lowest BCUT2D eigenvalue weighted by molar-refractivity contribution is -0.123. The number of benzene rings is 1. The number of likely N-dealkylation sites (tertiary alicyclic amines) is 1. The average molecular weight is 410 g/mol. The zero-order valence-electron chi connectivity index (χ0n) is 17.3. The molecule has 5 rings (SSSR count). The molecule has 1 saturated carbocycles. The maximum atomic E-state index is 12.6. The molecule has 1 aliphatic carbocycles. The lowest BCUT2D eigenvalue weighted by Gasteiger charge is -2.33. The SMILES string of the molecule is CN1CCCc2cc(CN3CCC4(CC3)CC4C(=O)NCc3cccs3)ccc21. The van der Waals surface area contributed by atoms with Gasteiger partial charge in [0.1, 0.15) is 0 Å². The van der Waals surface area contributed by atoms with Gasteiger partial charge in [0.05, 0.1) is 6.54 Å². The first-order valence-corrected chi connectivity index (χ1v) is 11.9. The summed E-state index contributed by atoms with van der Waals surface area (Å²) in [6.45, 7) is 5.13. The number of carbonyl (C=O) groups is 1. The average Bonchev–Trinajstić information content (AvgIpc) is 3.17. The van der Waals surface area contributed by atoms with Gasteiger partial charge in [-0.3, -0.25) is 9.69 Å². The van der Waals surface area contributed by atoms with Crippen LogP contribution in [-0.4, -0.2) is 37.5 Å². The van der Waals surface area contributed by atoms with Crippen molar-refractivity contribution in [2.45, 2.75) is 45.2 Å². The molecule has 1 aromatic heterocycles. The smallest absolute Gasteiger partial charge is 0.223 e. The van der Waals surface area contributed by atoms with Crippen LogP contribution in [0.2, 0.25) is 0 Å². The highest BCUT2D eigenvalue weighted by molar-refractivity contribution is 7.09. The number of carbonyl (C=O) groups excluding carboxylic acids is 1. The predicted molar refractivity (Wildman–Crippen MR) is 119 cm³/mol. The van der Waals surface area contributed by atoms with Gasteiger partial charge in [-0.1, -0.05) is 18.2 Å². The van der Waals surface area contributed by atoms with Crippen molar-refractivity contribution < 1.29 is 4.79 Å². The normalized spacial score (nSPS) is 23.1. The van der Waals surface area contributed by atoms with Crippen molar-refractivity contribution in [2.24, 2.45) is 11.3 Å². The van der Waals surface area contributed by atoms with Gasteiger partial charge >= 0.3 is 0 Å². The Hall–Kier alpha value is -1.85. The maximum Gasteiger partial charge on any atom is 0.223 e. The number of hydrogen-bond acceptors (Lipinski definition) is 4. The molecule has 2 aromatic rings. The van der Waals surface area contributed by atoms with Gasteiger partial charge in [0.2, 0.25) is 5.91 Å². The topological polar surface area (TPSA) is 35.6 Å². The molecule has 2 aliphatic heterocycles. The largest absolute Gasteiger partial charge is 0.374 e. The fourth-order valence-corrected chi connectivity index (χ4v) is 5.98. The first-order chi connectivity index (χ1) is 14.1. The van der Waals surface area contributed by atoms with Crippen LogP contribution in [0.1, 0.15) is 41.7 Å². The van der Waals surface area contributed by atoms with E-state index in [-0.39, 0.29) is 17.2 Å². The number of aryl methyl sites for hydroxylation is 1. The molecule has 154 valence electrons. The number of fused-ring (bicyclic) bond motifs is 1. The second-order valence-electron chi connectivity index (χ2n) is 9.18. The van der Waals surface area contributed by atoms with Gasteiger partial charge in [-0.2, -0.15) is 0 Å². The third-order valence-corrected chi connectivity index (χ3v) is 8.15. The summed E-state index contributed by atoms with van der Waals surface area (Å²) in [5, 5.41) is 5.22. The van der Waals surface area contributed by atoms with Crippen LogP contribution in [0.5, 0.6) is 0 Å². The summed E-state index contributed by atoms with van der Waals surface area (Å²) in [5.41, 5.74) is 4.65. The van der Waals surface area contributed by atoms with Gasteiger partial charge in [-0.05, 0) is 79.2 Å². The Morgan fingerprint density at radius 2 is 2.10 bits per heavy atom. The van der Waals surface area contributed by atoms with E-state index in [2.05, 4.69) is 51.8 Å². The van der Waals surface area contributed by atoms with Crippen LogP contribution in [0.3, 0.4) is 0 Å². The number of hydrogen-bond donors (Lipinski definition) is 1. The number of nitrogens with one attached hydrogen (secondary N) is 1. The molecular weight excluding hydrogens is 378 g/mol. The molecule has 1 saturated heterocycles. The molecule has 1 atom stereocenters. The minimum absolute atomic E-state index is 0.240. The molecule has 1 amide bonds. The van der Waals surface area contributed by atoms with Crippen molar-refractivity contribution >= 4 is 22.9 Å². The van der Waals surface area contributed by atoms with E-state index >= 15 is 0 Å². The van der Waals surface area contributed by atoms with E-state index in [1.54, 1.807) is 11.3 Å². The predicted octanol–water partition coefficient (Wildman–Crippen LogP) is 4.05. The number of rotatable bonds is 5. The lowest BCUT2D eigenvalue weighted by atomic mass is 9.90. The van der Waals surface area contributed by atoms with E-state index < -0.39 is 0 Å². The summed E-state index contributed by atoms with van der Waals surface area (Å²) in [6, 6.07) is 11.2. The Bertz CT molecular complexity index is 870. The zero-order valence-corrected chi connectivity index (χ0v) is 18.1. The van der Waals surface area contributed by atoms with Crippen LogP contribution >= 0.6 is 11.3 Å². The van der Waals surface area contributed by atoms with Gasteiger partial charge in [0, 0.05) is 36.6 Å². The number of piperidine rings is 1. The second-order valence-corrected chi connectivity index (χ2v) is 10.2. The third-order valence-electron chi connectivity index (χ3n) is 7.28. The summed E-state index contributed by atoms with van der Waals surface area (Å²) in [5.74, 6) is 0.509. The van der Waals surface area contributed by atoms with Crippen molar-refractivity contribution in [3.05, 3.63) is 51.7 Å². The fraction of sp³-hybridized carbons (Fsp3) is 0.542. The Kier molecular flexibility index (Phi) is 5.12. The summed E-state index contributed by atoms with van der Waals surface area (Å²) in [4.78, 5) is 18.8. The van der Waals surface area contributed by atoms with E-state index in [0.717, 1.165) is 38.9 Å². The molecule has 29 heavy (non-hydrogen) atoms. The van der Waals surface area contributed by atoms with E-state index in [9.17, 15) is 4.79 Å².